The summed E-state index contributed by atoms with van der Waals surface area (Å²) >= 11 is 0. The maximum absolute atomic E-state index is 11.9. The van der Waals surface area contributed by atoms with Gasteiger partial charge in [-0.1, -0.05) is 12.1 Å². The van der Waals surface area contributed by atoms with Gasteiger partial charge in [0.2, 0.25) is 10.0 Å². The molecule has 0 aliphatic heterocycles. The molecule has 0 bridgehead atoms. The first-order chi connectivity index (χ1) is 9.41. The minimum absolute atomic E-state index is 0.218. The van der Waals surface area contributed by atoms with Gasteiger partial charge in [-0.3, -0.25) is 0 Å². The average molecular weight is 292 g/mol. The molecule has 0 spiro atoms. The monoisotopic (exact) mass is 292 g/mol. The third-order valence-corrected chi connectivity index (χ3v) is 4.58. The van der Waals surface area contributed by atoms with E-state index in [4.69, 9.17) is 10.5 Å². The molecule has 2 N–H and O–H groups in total. The Balaban J connectivity index is 2.24. The molecule has 0 unspecified atom stereocenters. The van der Waals surface area contributed by atoms with Crippen LogP contribution in [0.2, 0.25) is 0 Å². The average Bonchev–Trinajstić information content (AvgIpc) is 2.42. The summed E-state index contributed by atoms with van der Waals surface area (Å²) in [5, 5.41) is 0. The lowest BCUT2D eigenvalue weighted by Crippen LogP contribution is -2.22. The Kier molecular flexibility index (Phi) is 3.96. The fourth-order valence-corrected chi connectivity index (χ4v) is 2.49. The van der Waals surface area contributed by atoms with Gasteiger partial charge in [0, 0.05) is 14.1 Å². The first-order valence-electron chi connectivity index (χ1n) is 5.96. The van der Waals surface area contributed by atoms with Crippen LogP contribution in [0.4, 0.5) is 5.69 Å². The Hall–Kier alpha value is -2.05. The number of sulfonamides is 1. The molecule has 0 amide bonds. The maximum Gasteiger partial charge on any atom is 0.242 e. The smallest absolute Gasteiger partial charge is 0.242 e. The van der Waals surface area contributed by atoms with Gasteiger partial charge in [-0.05, 0) is 36.4 Å². The van der Waals surface area contributed by atoms with Crippen molar-refractivity contribution >= 4 is 15.7 Å². The van der Waals surface area contributed by atoms with Crippen molar-refractivity contribution in [3.05, 3.63) is 48.5 Å². The number of ether oxygens (including phenoxy) is 1. The predicted molar refractivity (Wildman–Crippen MR) is 78.2 cm³/mol. The van der Waals surface area contributed by atoms with Crippen molar-refractivity contribution in [2.24, 2.45) is 0 Å². The van der Waals surface area contributed by atoms with E-state index in [-0.39, 0.29) is 4.90 Å². The quantitative estimate of drug-likeness (QED) is 0.878. The van der Waals surface area contributed by atoms with Crippen LogP contribution in [0.3, 0.4) is 0 Å². The van der Waals surface area contributed by atoms with Gasteiger partial charge in [0.05, 0.1) is 10.6 Å². The molecule has 6 heteroatoms. The van der Waals surface area contributed by atoms with Crippen LogP contribution in [0, 0.1) is 0 Å². The summed E-state index contributed by atoms with van der Waals surface area (Å²) in [6.45, 7) is 0. The molecular weight excluding hydrogens is 276 g/mol. The van der Waals surface area contributed by atoms with Gasteiger partial charge in [0.1, 0.15) is 11.5 Å². The molecule has 0 fully saturated rings. The molecule has 0 saturated heterocycles. The lowest BCUT2D eigenvalue weighted by Gasteiger charge is -2.12. The van der Waals surface area contributed by atoms with Gasteiger partial charge in [-0.25, -0.2) is 12.7 Å². The van der Waals surface area contributed by atoms with Crippen molar-refractivity contribution < 1.29 is 13.2 Å². The van der Waals surface area contributed by atoms with Gasteiger partial charge in [0.25, 0.3) is 0 Å². The molecule has 5 nitrogen and oxygen atoms in total. The van der Waals surface area contributed by atoms with Gasteiger partial charge in [0.15, 0.2) is 0 Å². The number of hydrogen-bond donors (Lipinski definition) is 1. The predicted octanol–water partition coefficient (Wildman–Crippen LogP) is 2.31. The van der Waals surface area contributed by atoms with E-state index in [1.54, 1.807) is 24.3 Å². The summed E-state index contributed by atoms with van der Waals surface area (Å²) in [6.07, 6.45) is 0. The van der Waals surface area contributed by atoms with Gasteiger partial charge < -0.3 is 10.5 Å². The summed E-state index contributed by atoms with van der Waals surface area (Å²) in [4.78, 5) is 0.218. The third kappa shape index (κ3) is 2.92. The summed E-state index contributed by atoms with van der Waals surface area (Å²) in [6, 6.07) is 13.3. The van der Waals surface area contributed by atoms with Crippen molar-refractivity contribution in [1.29, 1.82) is 0 Å². The van der Waals surface area contributed by atoms with Crippen molar-refractivity contribution in [3.8, 4) is 11.5 Å². The SMILES string of the molecule is CN(C)S(=O)(=O)c1ccc(Oc2ccccc2N)cc1. The highest BCUT2D eigenvalue weighted by Crippen LogP contribution is 2.27. The second kappa shape index (κ2) is 5.52. The second-order valence-corrected chi connectivity index (χ2v) is 6.55. The van der Waals surface area contributed by atoms with Crippen LogP contribution in [-0.4, -0.2) is 26.8 Å². The molecule has 0 aliphatic carbocycles. The minimum Gasteiger partial charge on any atom is -0.455 e. The zero-order valence-electron chi connectivity index (χ0n) is 11.3. The lowest BCUT2D eigenvalue weighted by atomic mass is 10.3. The fraction of sp³-hybridized carbons (Fsp3) is 0.143. The Labute approximate surface area is 118 Å². The highest BCUT2D eigenvalue weighted by Gasteiger charge is 2.16. The molecule has 0 aromatic heterocycles. The molecule has 2 aromatic rings. The van der Waals surface area contributed by atoms with E-state index >= 15 is 0 Å². The Morgan fingerprint density at radius 2 is 1.60 bits per heavy atom. The maximum atomic E-state index is 11.9. The summed E-state index contributed by atoms with van der Waals surface area (Å²) in [5.41, 5.74) is 6.31. The lowest BCUT2D eigenvalue weighted by molar-refractivity contribution is 0.484. The van der Waals surface area contributed by atoms with Crippen molar-refractivity contribution in [2.75, 3.05) is 19.8 Å². The van der Waals surface area contributed by atoms with Crippen LogP contribution in [0.25, 0.3) is 0 Å². The van der Waals surface area contributed by atoms with Crippen LogP contribution in [0.15, 0.2) is 53.4 Å². The molecule has 0 atom stereocenters. The molecule has 20 heavy (non-hydrogen) atoms. The molecule has 106 valence electrons. The Morgan fingerprint density at radius 1 is 1.00 bits per heavy atom. The zero-order valence-corrected chi connectivity index (χ0v) is 12.1. The van der Waals surface area contributed by atoms with E-state index in [2.05, 4.69) is 0 Å². The number of rotatable bonds is 4. The standard InChI is InChI=1S/C14H16N2O3S/c1-16(2)20(17,18)12-9-7-11(8-10-12)19-14-6-4-3-5-13(14)15/h3-10H,15H2,1-2H3. The number of hydrogen-bond acceptors (Lipinski definition) is 4. The fourth-order valence-electron chi connectivity index (χ4n) is 1.59. The van der Waals surface area contributed by atoms with Crippen LogP contribution < -0.4 is 10.5 Å². The van der Waals surface area contributed by atoms with Crippen molar-refractivity contribution in [2.45, 2.75) is 4.90 Å². The van der Waals surface area contributed by atoms with Gasteiger partial charge in [-0.15, -0.1) is 0 Å². The highest BCUT2D eigenvalue weighted by molar-refractivity contribution is 7.89. The summed E-state index contributed by atoms with van der Waals surface area (Å²) in [5.74, 6) is 1.07. The van der Waals surface area contributed by atoms with Crippen LogP contribution in [-0.2, 0) is 10.0 Å². The molecule has 0 radical (unpaired) electrons. The van der Waals surface area contributed by atoms with E-state index < -0.39 is 10.0 Å². The van der Waals surface area contributed by atoms with E-state index in [0.29, 0.717) is 17.2 Å². The number of nitrogens with zero attached hydrogens (tertiary/aromatic N) is 1. The molecule has 0 heterocycles. The topological polar surface area (TPSA) is 72.6 Å². The van der Waals surface area contributed by atoms with Crippen LogP contribution >= 0.6 is 0 Å². The number of nitrogen functional groups attached to an aromatic ring is 1. The molecule has 0 saturated carbocycles. The first-order valence-corrected chi connectivity index (χ1v) is 7.40. The minimum atomic E-state index is -3.42. The molecule has 0 aliphatic rings. The zero-order chi connectivity index (χ0) is 14.8. The molecular formula is C14H16N2O3S. The second-order valence-electron chi connectivity index (χ2n) is 4.40. The summed E-state index contributed by atoms with van der Waals surface area (Å²) < 4.78 is 30.6. The summed E-state index contributed by atoms with van der Waals surface area (Å²) in [7, 11) is -0.441. The highest BCUT2D eigenvalue weighted by atomic mass is 32.2. The van der Waals surface area contributed by atoms with Crippen molar-refractivity contribution in [3.63, 3.8) is 0 Å². The number of para-hydroxylation sites is 2. The van der Waals surface area contributed by atoms with Crippen LogP contribution in [0.1, 0.15) is 0 Å². The number of benzene rings is 2. The van der Waals surface area contributed by atoms with Crippen molar-refractivity contribution in [1.82, 2.24) is 4.31 Å². The van der Waals surface area contributed by atoms with Gasteiger partial charge in [-0.2, -0.15) is 0 Å². The van der Waals surface area contributed by atoms with Gasteiger partial charge >= 0.3 is 0 Å². The Bertz CT molecular complexity index is 695. The molecule has 2 rings (SSSR count). The van der Waals surface area contributed by atoms with E-state index in [1.165, 1.54) is 26.2 Å². The third-order valence-electron chi connectivity index (χ3n) is 2.75. The van der Waals surface area contributed by atoms with E-state index in [1.807, 2.05) is 12.1 Å². The number of anilines is 1. The largest absolute Gasteiger partial charge is 0.455 e. The Morgan fingerprint density at radius 3 is 2.15 bits per heavy atom. The normalized spacial score (nSPS) is 11.6. The van der Waals surface area contributed by atoms with E-state index in [9.17, 15) is 8.42 Å². The first kappa shape index (κ1) is 14.4. The van der Waals surface area contributed by atoms with Crippen LogP contribution in [0.5, 0.6) is 11.5 Å². The number of nitrogens with two attached hydrogens (primary N) is 1. The van der Waals surface area contributed by atoms with E-state index in [0.717, 1.165) is 4.31 Å². The molecule has 2 aromatic carbocycles.